The van der Waals surface area contributed by atoms with Gasteiger partial charge in [-0.3, -0.25) is 0 Å². The fourth-order valence-electron chi connectivity index (χ4n) is 3.22. The van der Waals surface area contributed by atoms with Crippen molar-refractivity contribution in [3.8, 4) is 11.3 Å². The van der Waals surface area contributed by atoms with E-state index in [-0.39, 0.29) is 0 Å². The quantitative estimate of drug-likeness (QED) is 0.772. The molecule has 1 N–H and O–H groups in total. The van der Waals surface area contributed by atoms with Gasteiger partial charge in [0.2, 0.25) is 0 Å². The van der Waals surface area contributed by atoms with E-state index in [4.69, 9.17) is 9.51 Å². The third kappa shape index (κ3) is 3.22. The summed E-state index contributed by atoms with van der Waals surface area (Å²) in [6, 6.07) is 10.1. The summed E-state index contributed by atoms with van der Waals surface area (Å²) in [5.41, 5.74) is 2.45. The molecule has 3 aromatic rings. The molecule has 0 bridgehead atoms. The SMILES string of the molecule is CCCCc1nc(N2CCNCC2)c2c(-c3ccccc3)noc2n1. The van der Waals surface area contributed by atoms with Crippen LogP contribution in [-0.4, -0.2) is 41.3 Å². The highest BCUT2D eigenvalue weighted by Crippen LogP contribution is 2.33. The lowest BCUT2D eigenvalue weighted by Crippen LogP contribution is -2.44. The number of hydrogen-bond donors (Lipinski definition) is 1. The number of anilines is 1. The van der Waals surface area contributed by atoms with E-state index in [0.717, 1.165) is 73.7 Å². The predicted octanol–water partition coefficient (Wildman–Crippen LogP) is 3.04. The van der Waals surface area contributed by atoms with Crippen molar-refractivity contribution >= 4 is 16.9 Å². The maximum absolute atomic E-state index is 5.61. The Morgan fingerprint density at radius 2 is 1.92 bits per heavy atom. The molecule has 1 aliphatic rings. The predicted molar refractivity (Wildman–Crippen MR) is 98.7 cm³/mol. The molecule has 0 aliphatic carbocycles. The van der Waals surface area contributed by atoms with E-state index in [2.05, 4.69) is 27.3 Å². The molecule has 4 rings (SSSR count). The fourth-order valence-corrected chi connectivity index (χ4v) is 3.22. The number of hydrogen-bond acceptors (Lipinski definition) is 6. The summed E-state index contributed by atoms with van der Waals surface area (Å²) in [5, 5.41) is 8.64. The number of aryl methyl sites for hydroxylation is 1. The van der Waals surface area contributed by atoms with Gasteiger partial charge in [0.1, 0.15) is 22.7 Å². The largest absolute Gasteiger partial charge is 0.353 e. The van der Waals surface area contributed by atoms with E-state index in [1.165, 1.54) is 0 Å². The first kappa shape index (κ1) is 16.0. The maximum Gasteiger partial charge on any atom is 0.263 e. The molecule has 1 aliphatic heterocycles. The summed E-state index contributed by atoms with van der Waals surface area (Å²) < 4.78 is 5.61. The first-order valence-corrected chi connectivity index (χ1v) is 9.04. The molecular weight excluding hydrogens is 314 g/mol. The van der Waals surface area contributed by atoms with Gasteiger partial charge in [0.15, 0.2) is 0 Å². The Kier molecular flexibility index (Phi) is 4.61. The number of nitrogens with zero attached hydrogens (tertiary/aromatic N) is 4. The van der Waals surface area contributed by atoms with Crippen LogP contribution in [0.3, 0.4) is 0 Å². The molecule has 25 heavy (non-hydrogen) atoms. The zero-order chi connectivity index (χ0) is 17.1. The molecule has 0 saturated carbocycles. The van der Waals surface area contributed by atoms with Gasteiger partial charge in [-0.15, -0.1) is 0 Å². The first-order valence-electron chi connectivity index (χ1n) is 9.04. The van der Waals surface area contributed by atoms with Crippen LogP contribution in [0.5, 0.6) is 0 Å². The second kappa shape index (κ2) is 7.19. The van der Waals surface area contributed by atoms with E-state index in [0.29, 0.717) is 5.71 Å². The molecule has 0 radical (unpaired) electrons. The highest BCUT2D eigenvalue weighted by molar-refractivity contribution is 5.98. The average Bonchev–Trinajstić information content (AvgIpc) is 3.11. The summed E-state index contributed by atoms with van der Waals surface area (Å²) in [4.78, 5) is 11.9. The Balaban J connectivity index is 1.85. The molecule has 6 heteroatoms. The van der Waals surface area contributed by atoms with Crippen LogP contribution in [0.4, 0.5) is 5.82 Å². The molecule has 1 fully saturated rings. The number of piperazine rings is 1. The summed E-state index contributed by atoms with van der Waals surface area (Å²) in [5.74, 6) is 1.80. The van der Waals surface area contributed by atoms with Gasteiger partial charge in [-0.25, -0.2) is 4.98 Å². The molecule has 0 amide bonds. The topological polar surface area (TPSA) is 67.1 Å². The molecule has 3 heterocycles. The highest BCUT2D eigenvalue weighted by Gasteiger charge is 2.23. The van der Waals surface area contributed by atoms with E-state index in [1.807, 2.05) is 30.3 Å². The zero-order valence-corrected chi connectivity index (χ0v) is 14.5. The Morgan fingerprint density at radius 3 is 2.68 bits per heavy atom. The van der Waals surface area contributed by atoms with Crippen LogP contribution in [0.2, 0.25) is 0 Å². The van der Waals surface area contributed by atoms with Crippen LogP contribution in [0.1, 0.15) is 25.6 Å². The Hall–Kier alpha value is -2.47. The molecule has 0 unspecified atom stereocenters. The molecular formula is C19H23N5O. The van der Waals surface area contributed by atoms with Crippen molar-refractivity contribution in [1.82, 2.24) is 20.4 Å². The third-order valence-corrected chi connectivity index (χ3v) is 4.58. The van der Waals surface area contributed by atoms with Crippen LogP contribution in [0.25, 0.3) is 22.4 Å². The number of aromatic nitrogens is 3. The summed E-state index contributed by atoms with van der Waals surface area (Å²) in [7, 11) is 0. The second-order valence-corrected chi connectivity index (χ2v) is 6.38. The van der Waals surface area contributed by atoms with Crippen molar-refractivity contribution in [1.29, 1.82) is 0 Å². The van der Waals surface area contributed by atoms with Crippen molar-refractivity contribution < 1.29 is 4.52 Å². The number of benzene rings is 1. The van der Waals surface area contributed by atoms with E-state index >= 15 is 0 Å². The van der Waals surface area contributed by atoms with Crippen molar-refractivity contribution in [2.45, 2.75) is 26.2 Å². The summed E-state index contributed by atoms with van der Waals surface area (Å²) >= 11 is 0. The summed E-state index contributed by atoms with van der Waals surface area (Å²) in [6.45, 7) is 5.96. The molecule has 0 spiro atoms. The van der Waals surface area contributed by atoms with Gasteiger partial charge in [-0.2, -0.15) is 4.98 Å². The Morgan fingerprint density at radius 1 is 1.12 bits per heavy atom. The van der Waals surface area contributed by atoms with Crippen molar-refractivity contribution in [3.05, 3.63) is 36.2 Å². The second-order valence-electron chi connectivity index (χ2n) is 6.38. The molecule has 1 aromatic carbocycles. The first-order chi connectivity index (χ1) is 12.4. The standard InChI is InChI=1S/C19H23N5O/c1-2-3-9-15-21-18(24-12-10-20-11-13-24)16-17(23-25-19(16)22-15)14-7-5-4-6-8-14/h4-8,20H,2-3,9-13H2,1H3. The number of rotatable bonds is 5. The highest BCUT2D eigenvalue weighted by atomic mass is 16.5. The lowest BCUT2D eigenvalue weighted by Gasteiger charge is -2.29. The van der Waals surface area contributed by atoms with Crippen LogP contribution < -0.4 is 10.2 Å². The van der Waals surface area contributed by atoms with Gasteiger partial charge in [0.05, 0.1) is 0 Å². The van der Waals surface area contributed by atoms with Crippen LogP contribution in [0, 0.1) is 0 Å². The van der Waals surface area contributed by atoms with Gasteiger partial charge in [0.25, 0.3) is 5.71 Å². The van der Waals surface area contributed by atoms with Crippen LogP contribution in [-0.2, 0) is 6.42 Å². The average molecular weight is 337 g/mol. The van der Waals surface area contributed by atoms with Crippen molar-refractivity contribution in [2.75, 3.05) is 31.1 Å². The van der Waals surface area contributed by atoms with Gasteiger partial charge in [-0.05, 0) is 6.42 Å². The Bertz CT molecular complexity index is 840. The van der Waals surface area contributed by atoms with Crippen LogP contribution >= 0.6 is 0 Å². The number of unbranched alkanes of at least 4 members (excludes halogenated alkanes) is 1. The Labute approximate surface area is 147 Å². The lowest BCUT2D eigenvalue weighted by atomic mass is 10.1. The summed E-state index contributed by atoms with van der Waals surface area (Å²) in [6.07, 6.45) is 3.06. The molecule has 1 saturated heterocycles. The molecule has 2 aromatic heterocycles. The monoisotopic (exact) mass is 337 g/mol. The van der Waals surface area contributed by atoms with Gasteiger partial charge < -0.3 is 14.7 Å². The molecule has 0 atom stereocenters. The minimum Gasteiger partial charge on any atom is -0.353 e. The van der Waals surface area contributed by atoms with Crippen LogP contribution in [0.15, 0.2) is 34.9 Å². The van der Waals surface area contributed by atoms with Crippen molar-refractivity contribution in [2.24, 2.45) is 0 Å². The minimum atomic E-state index is 0.591. The molecule has 130 valence electrons. The fraction of sp³-hybridized carbons (Fsp3) is 0.421. The van der Waals surface area contributed by atoms with E-state index < -0.39 is 0 Å². The number of fused-ring (bicyclic) bond motifs is 1. The smallest absolute Gasteiger partial charge is 0.263 e. The van der Waals surface area contributed by atoms with Gasteiger partial charge >= 0.3 is 0 Å². The molecule has 6 nitrogen and oxygen atoms in total. The lowest BCUT2D eigenvalue weighted by molar-refractivity contribution is 0.450. The third-order valence-electron chi connectivity index (χ3n) is 4.58. The van der Waals surface area contributed by atoms with E-state index in [9.17, 15) is 0 Å². The zero-order valence-electron chi connectivity index (χ0n) is 14.5. The van der Waals surface area contributed by atoms with Gasteiger partial charge in [0, 0.05) is 38.2 Å². The normalized spacial score (nSPS) is 15.0. The van der Waals surface area contributed by atoms with E-state index in [1.54, 1.807) is 0 Å². The van der Waals surface area contributed by atoms with Crippen molar-refractivity contribution in [3.63, 3.8) is 0 Å². The van der Waals surface area contributed by atoms with Gasteiger partial charge in [-0.1, -0.05) is 48.8 Å². The maximum atomic E-state index is 5.61. The number of nitrogens with one attached hydrogen (secondary N) is 1. The minimum absolute atomic E-state index is 0.591.